The number of amides is 1. The molecule has 3 heteroatoms. The average Bonchev–Trinajstić information content (AvgIpc) is 2.36. The van der Waals surface area contributed by atoms with Crippen LogP contribution in [0.3, 0.4) is 0 Å². The van der Waals surface area contributed by atoms with Gasteiger partial charge in [0.25, 0.3) is 0 Å². The number of nitrogens with zero attached hydrogens (tertiary/aromatic N) is 1. The zero-order chi connectivity index (χ0) is 12.3. The lowest BCUT2D eigenvalue weighted by molar-refractivity contribution is -0.134. The van der Waals surface area contributed by atoms with E-state index in [-0.39, 0.29) is 11.9 Å². The summed E-state index contributed by atoms with van der Waals surface area (Å²) in [6.07, 6.45) is 1.84. The first-order valence-electron chi connectivity index (χ1n) is 6.27. The summed E-state index contributed by atoms with van der Waals surface area (Å²) in [6.45, 7) is 3.85. The van der Waals surface area contributed by atoms with E-state index in [0.717, 1.165) is 25.9 Å². The summed E-state index contributed by atoms with van der Waals surface area (Å²) in [4.78, 5) is 13.7. The van der Waals surface area contributed by atoms with Crippen LogP contribution in [-0.4, -0.2) is 37.0 Å². The predicted molar refractivity (Wildman–Crippen MR) is 69.0 cm³/mol. The second kappa shape index (κ2) is 5.32. The third kappa shape index (κ3) is 2.86. The molecule has 17 heavy (non-hydrogen) atoms. The minimum Gasteiger partial charge on any atom is -0.343 e. The summed E-state index contributed by atoms with van der Waals surface area (Å²) in [5.74, 6) is 0.204. The maximum atomic E-state index is 11.9. The van der Waals surface area contributed by atoms with Crippen molar-refractivity contribution in [2.45, 2.75) is 25.8 Å². The number of aryl methyl sites for hydroxylation is 1. The lowest BCUT2D eigenvalue weighted by Crippen LogP contribution is -2.54. The van der Waals surface area contributed by atoms with E-state index >= 15 is 0 Å². The van der Waals surface area contributed by atoms with E-state index in [9.17, 15) is 4.79 Å². The summed E-state index contributed by atoms with van der Waals surface area (Å²) in [5, 5.41) is 3.29. The monoisotopic (exact) mass is 232 g/mol. The molecule has 0 aromatic heterocycles. The molecule has 92 valence electrons. The van der Waals surface area contributed by atoms with Crippen molar-refractivity contribution in [1.29, 1.82) is 0 Å². The van der Waals surface area contributed by atoms with Gasteiger partial charge in [-0.25, -0.2) is 0 Å². The van der Waals surface area contributed by atoms with Crippen LogP contribution in [0.1, 0.15) is 18.1 Å². The van der Waals surface area contributed by atoms with Crippen molar-refractivity contribution in [3.05, 3.63) is 35.4 Å². The lowest BCUT2D eigenvalue weighted by atomic mass is 10.0. The zero-order valence-corrected chi connectivity index (χ0v) is 10.6. The Bertz CT molecular complexity index is 386. The van der Waals surface area contributed by atoms with Gasteiger partial charge in [0.2, 0.25) is 5.91 Å². The minimum atomic E-state index is -0.0544. The first-order valence-corrected chi connectivity index (χ1v) is 6.27. The number of nitrogens with one attached hydrogen (secondary N) is 1. The van der Waals surface area contributed by atoms with Crippen LogP contribution < -0.4 is 5.32 Å². The molecule has 1 N–H and O–H groups in total. The van der Waals surface area contributed by atoms with Crippen LogP contribution >= 0.6 is 0 Å². The molecule has 1 aliphatic rings. The molecule has 0 saturated carbocycles. The van der Waals surface area contributed by atoms with Crippen molar-refractivity contribution < 1.29 is 4.79 Å². The number of hydrogen-bond donors (Lipinski definition) is 1. The standard InChI is InChI=1S/C14H20N2O/c1-3-11-4-6-12(7-5-11)10-13-14(17)16(2)9-8-15-13/h4-7,13,15H,3,8-10H2,1-2H3. The van der Waals surface area contributed by atoms with Crippen molar-refractivity contribution in [2.24, 2.45) is 0 Å². The maximum absolute atomic E-state index is 11.9. The highest BCUT2D eigenvalue weighted by atomic mass is 16.2. The quantitative estimate of drug-likeness (QED) is 0.850. The van der Waals surface area contributed by atoms with Gasteiger partial charge in [-0.1, -0.05) is 31.2 Å². The fourth-order valence-electron chi connectivity index (χ4n) is 2.18. The van der Waals surface area contributed by atoms with Crippen molar-refractivity contribution in [1.82, 2.24) is 10.2 Å². The number of carbonyl (C=O) groups is 1. The second-order valence-electron chi connectivity index (χ2n) is 4.64. The number of piperazine rings is 1. The number of benzene rings is 1. The van der Waals surface area contributed by atoms with Gasteiger partial charge in [-0.3, -0.25) is 4.79 Å². The van der Waals surface area contributed by atoms with E-state index in [1.165, 1.54) is 11.1 Å². The molecule has 1 fully saturated rings. The van der Waals surface area contributed by atoms with Crippen LogP contribution in [0, 0.1) is 0 Å². The van der Waals surface area contributed by atoms with E-state index in [0.29, 0.717) is 0 Å². The minimum absolute atomic E-state index is 0.0544. The third-order valence-corrected chi connectivity index (χ3v) is 3.38. The van der Waals surface area contributed by atoms with E-state index in [1.807, 2.05) is 11.9 Å². The van der Waals surface area contributed by atoms with Crippen molar-refractivity contribution in [3.8, 4) is 0 Å². The highest BCUT2D eigenvalue weighted by molar-refractivity contribution is 5.82. The summed E-state index contributed by atoms with van der Waals surface area (Å²) in [5.41, 5.74) is 2.57. The van der Waals surface area contributed by atoms with Crippen LogP contribution in [0.4, 0.5) is 0 Å². The topological polar surface area (TPSA) is 32.3 Å². The van der Waals surface area contributed by atoms with E-state index in [2.05, 4.69) is 36.5 Å². The molecule has 0 spiro atoms. The maximum Gasteiger partial charge on any atom is 0.239 e. The molecular formula is C14H20N2O. The van der Waals surface area contributed by atoms with E-state index in [4.69, 9.17) is 0 Å². The van der Waals surface area contributed by atoms with Gasteiger partial charge in [-0.15, -0.1) is 0 Å². The molecule has 1 atom stereocenters. The Balaban J connectivity index is 2.01. The predicted octanol–water partition coefficient (Wildman–Crippen LogP) is 1.22. The molecule has 1 heterocycles. The van der Waals surface area contributed by atoms with Gasteiger partial charge >= 0.3 is 0 Å². The van der Waals surface area contributed by atoms with Gasteiger partial charge in [-0.2, -0.15) is 0 Å². The van der Waals surface area contributed by atoms with Crippen LogP contribution in [0.5, 0.6) is 0 Å². The largest absolute Gasteiger partial charge is 0.343 e. The van der Waals surface area contributed by atoms with Crippen LogP contribution in [-0.2, 0) is 17.6 Å². The first kappa shape index (κ1) is 12.1. The Kier molecular flexibility index (Phi) is 3.79. The van der Waals surface area contributed by atoms with Crippen molar-refractivity contribution >= 4 is 5.91 Å². The number of carbonyl (C=O) groups excluding carboxylic acids is 1. The smallest absolute Gasteiger partial charge is 0.239 e. The Morgan fingerprint density at radius 1 is 1.29 bits per heavy atom. The fourth-order valence-corrected chi connectivity index (χ4v) is 2.18. The van der Waals surface area contributed by atoms with Gasteiger partial charge in [0.1, 0.15) is 0 Å². The van der Waals surface area contributed by atoms with Crippen LogP contribution in [0.15, 0.2) is 24.3 Å². The molecule has 1 aromatic carbocycles. The van der Waals surface area contributed by atoms with Crippen molar-refractivity contribution in [3.63, 3.8) is 0 Å². The highest BCUT2D eigenvalue weighted by Crippen LogP contribution is 2.10. The van der Waals surface area contributed by atoms with Gasteiger partial charge in [-0.05, 0) is 24.0 Å². The normalized spacial score (nSPS) is 20.7. The lowest BCUT2D eigenvalue weighted by Gasteiger charge is -2.30. The molecular weight excluding hydrogens is 212 g/mol. The highest BCUT2D eigenvalue weighted by Gasteiger charge is 2.25. The number of likely N-dealkylation sites (N-methyl/N-ethyl adjacent to an activating group) is 1. The molecule has 3 nitrogen and oxygen atoms in total. The summed E-state index contributed by atoms with van der Waals surface area (Å²) in [6, 6.07) is 8.49. The van der Waals surface area contributed by atoms with Crippen molar-refractivity contribution in [2.75, 3.05) is 20.1 Å². The fraction of sp³-hybridized carbons (Fsp3) is 0.500. The van der Waals surface area contributed by atoms with E-state index < -0.39 is 0 Å². The molecule has 1 aromatic rings. The van der Waals surface area contributed by atoms with Gasteiger partial charge < -0.3 is 10.2 Å². The average molecular weight is 232 g/mol. The van der Waals surface area contributed by atoms with Crippen LogP contribution in [0.2, 0.25) is 0 Å². The second-order valence-corrected chi connectivity index (χ2v) is 4.64. The zero-order valence-electron chi connectivity index (χ0n) is 10.6. The van der Waals surface area contributed by atoms with Gasteiger partial charge in [0.15, 0.2) is 0 Å². The molecule has 0 aliphatic carbocycles. The molecule has 1 amide bonds. The number of hydrogen-bond acceptors (Lipinski definition) is 2. The Labute approximate surface area is 103 Å². The number of rotatable bonds is 3. The molecule has 1 unspecified atom stereocenters. The molecule has 0 radical (unpaired) electrons. The van der Waals surface area contributed by atoms with E-state index in [1.54, 1.807) is 0 Å². The molecule has 2 rings (SSSR count). The van der Waals surface area contributed by atoms with Crippen LogP contribution in [0.25, 0.3) is 0 Å². The Morgan fingerprint density at radius 3 is 2.59 bits per heavy atom. The summed E-state index contributed by atoms with van der Waals surface area (Å²) in [7, 11) is 1.87. The third-order valence-electron chi connectivity index (χ3n) is 3.38. The Hall–Kier alpha value is -1.35. The van der Waals surface area contributed by atoms with Gasteiger partial charge in [0.05, 0.1) is 6.04 Å². The summed E-state index contributed by atoms with van der Waals surface area (Å²) < 4.78 is 0. The Morgan fingerprint density at radius 2 is 1.94 bits per heavy atom. The molecule has 1 aliphatic heterocycles. The summed E-state index contributed by atoms with van der Waals surface area (Å²) >= 11 is 0. The molecule has 1 saturated heterocycles. The SMILES string of the molecule is CCc1ccc(CC2NCCN(C)C2=O)cc1. The molecule has 0 bridgehead atoms. The van der Waals surface area contributed by atoms with Gasteiger partial charge in [0, 0.05) is 20.1 Å². The first-order chi connectivity index (χ1) is 8.20.